The van der Waals surface area contributed by atoms with Crippen LogP contribution >= 0.6 is 0 Å². The van der Waals surface area contributed by atoms with Crippen molar-refractivity contribution >= 4 is 28.3 Å². The third-order valence-corrected chi connectivity index (χ3v) is 2.54. The SMILES string of the molecule is NC(=O)c1c(C(=O)O)c(N)cc2ccccc12. The summed E-state index contributed by atoms with van der Waals surface area (Å²) in [6.45, 7) is 0. The molecule has 0 fully saturated rings. The first-order valence-corrected chi connectivity index (χ1v) is 4.86. The summed E-state index contributed by atoms with van der Waals surface area (Å²) in [5.74, 6) is -2.06. The molecule has 0 saturated heterocycles. The van der Waals surface area contributed by atoms with Gasteiger partial charge in [0.2, 0.25) is 5.91 Å². The minimum atomic E-state index is -1.26. The van der Waals surface area contributed by atoms with Gasteiger partial charge in [0.05, 0.1) is 11.1 Å². The van der Waals surface area contributed by atoms with E-state index in [0.717, 1.165) is 0 Å². The second kappa shape index (κ2) is 3.79. The maximum atomic E-state index is 11.4. The molecule has 5 heteroatoms. The standard InChI is InChI=1S/C12H10N2O3/c13-8-5-6-3-1-2-4-7(6)9(11(14)15)10(8)12(16)17/h1-5H,13H2,(H2,14,15)(H,16,17). The van der Waals surface area contributed by atoms with Crippen molar-refractivity contribution in [3.63, 3.8) is 0 Å². The van der Waals surface area contributed by atoms with E-state index in [9.17, 15) is 9.59 Å². The zero-order valence-electron chi connectivity index (χ0n) is 8.81. The van der Waals surface area contributed by atoms with Crippen molar-refractivity contribution in [1.82, 2.24) is 0 Å². The molecule has 0 atom stereocenters. The first-order chi connectivity index (χ1) is 8.02. The highest BCUT2D eigenvalue weighted by molar-refractivity contribution is 6.16. The third-order valence-electron chi connectivity index (χ3n) is 2.54. The van der Waals surface area contributed by atoms with Crippen LogP contribution in [0.1, 0.15) is 20.7 Å². The molecule has 17 heavy (non-hydrogen) atoms. The zero-order valence-corrected chi connectivity index (χ0v) is 8.81. The van der Waals surface area contributed by atoms with E-state index in [2.05, 4.69) is 0 Å². The predicted molar refractivity (Wildman–Crippen MR) is 63.8 cm³/mol. The van der Waals surface area contributed by atoms with Crippen LogP contribution in [0.2, 0.25) is 0 Å². The van der Waals surface area contributed by atoms with Gasteiger partial charge in [-0.2, -0.15) is 0 Å². The van der Waals surface area contributed by atoms with Gasteiger partial charge in [-0.1, -0.05) is 24.3 Å². The van der Waals surface area contributed by atoms with Gasteiger partial charge >= 0.3 is 5.97 Å². The normalized spacial score (nSPS) is 10.4. The summed E-state index contributed by atoms with van der Waals surface area (Å²) in [7, 11) is 0. The lowest BCUT2D eigenvalue weighted by Crippen LogP contribution is -2.18. The first-order valence-electron chi connectivity index (χ1n) is 4.86. The Labute approximate surface area is 96.6 Å². The number of anilines is 1. The summed E-state index contributed by atoms with van der Waals surface area (Å²) in [4.78, 5) is 22.5. The number of carboxylic acids is 1. The summed E-state index contributed by atoms with van der Waals surface area (Å²) >= 11 is 0. The van der Waals surface area contributed by atoms with Crippen LogP contribution in [-0.4, -0.2) is 17.0 Å². The highest BCUT2D eigenvalue weighted by atomic mass is 16.4. The van der Waals surface area contributed by atoms with Crippen LogP contribution in [0, 0.1) is 0 Å². The van der Waals surface area contributed by atoms with Crippen molar-refractivity contribution in [2.45, 2.75) is 0 Å². The van der Waals surface area contributed by atoms with Gasteiger partial charge in [0.25, 0.3) is 0 Å². The minimum Gasteiger partial charge on any atom is -0.478 e. The van der Waals surface area contributed by atoms with Gasteiger partial charge in [0.1, 0.15) is 0 Å². The van der Waals surface area contributed by atoms with Gasteiger partial charge in [-0.05, 0) is 16.8 Å². The second-order valence-electron chi connectivity index (χ2n) is 3.61. The average Bonchev–Trinajstić information content (AvgIpc) is 2.26. The quantitative estimate of drug-likeness (QED) is 0.674. The molecule has 5 nitrogen and oxygen atoms in total. The molecule has 0 unspecified atom stereocenters. The van der Waals surface area contributed by atoms with Crippen LogP contribution in [0.15, 0.2) is 30.3 Å². The Bertz CT molecular complexity index is 635. The molecule has 86 valence electrons. The monoisotopic (exact) mass is 230 g/mol. The number of rotatable bonds is 2. The predicted octanol–water partition coefficient (Wildman–Crippen LogP) is 1.22. The number of carboxylic acid groups (broad SMARTS) is 1. The summed E-state index contributed by atoms with van der Waals surface area (Å²) in [5.41, 5.74) is 10.6. The van der Waals surface area contributed by atoms with Crippen LogP contribution in [0.5, 0.6) is 0 Å². The number of nitrogen functional groups attached to an aromatic ring is 1. The van der Waals surface area contributed by atoms with E-state index in [1.54, 1.807) is 24.3 Å². The van der Waals surface area contributed by atoms with Crippen LogP contribution in [0.25, 0.3) is 10.8 Å². The lowest BCUT2D eigenvalue weighted by Gasteiger charge is -2.10. The Hall–Kier alpha value is -2.56. The molecule has 2 aromatic rings. The number of hydrogen-bond acceptors (Lipinski definition) is 3. The van der Waals surface area contributed by atoms with E-state index < -0.39 is 11.9 Å². The fourth-order valence-corrected chi connectivity index (χ4v) is 1.86. The molecular formula is C12H10N2O3. The van der Waals surface area contributed by atoms with Crippen molar-refractivity contribution in [3.05, 3.63) is 41.5 Å². The van der Waals surface area contributed by atoms with Crippen LogP contribution in [-0.2, 0) is 0 Å². The topological polar surface area (TPSA) is 106 Å². The number of primary amides is 1. The average molecular weight is 230 g/mol. The maximum absolute atomic E-state index is 11.4. The van der Waals surface area contributed by atoms with Crippen molar-refractivity contribution in [3.8, 4) is 0 Å². The summed E-state index contributed by atoms with van der Waals surface area (Å²) in [6.07, 6.45) is 0. The molecule has 0 spiro atoms. The number of carbonyl (C=O) groups excluding carboxylic acids is 1. The first kappa shape index (κ1) is 10.9. The van der Waals surface area contributed by atoms with Crippen molar-refractivity contribution < 1.29 is 14.7 Å². The molecule has 0 aliphatic rings. The largest absolute Gasteiger partial charge is 0.478 e. The van der Waals surface area contributed by atoms with Gasteiger partial charge in [0, 0.05) is 5.69 Å². The Morgan fingerprint density at radius 1 is 1.12 bits per heavy atom. The summed E-state index contributed by atoms with van der Waals surface area (Å²) in [5, 5.41) is 10.2. The van der Waals surface area contributed by atoms with E-state index in [0.29, 0.717) is 10.8 Å². The minimum absolute atomic E-state index is 0.0324. The highest BCUT2D eigenvalue weighted by Crippen LogP contribution is 2.27. The Morgan fingerprint density at radius 3 is 2.35 bits per heavy atom. The molecule has 0 heterocycles. The molecule has 2 aromatic carbocycles. The number of aromatic carboxylic acids is 1. The molecule has 2 rings (SSSR count). The number of hydrogen-bond donors (Lipinski definition) is 3. The molecular weight excluding hydrogens is 220 g/mol. The highest BCUT2D eigenvalue weighted by Gasteiger charge is 2.20. The van der Waals surface area contributed by atoms with Gasteiger partial charge in [-0.3, -0.25) is 4.79 Å². The fraction of sp³-hybridized carbons (Fsp3) is 0. The van der Waals surface area contributed by atoms with Gasteiger partial charge in [-0.15, -0.1) is 0 Å². The molecule has 0 aliphatic carbocycles. The number of fused-ring (bicyclic) bond motifs is 1. The van der Waals surface area contributed by atoms with E-state index in [1.807, 2.05) is 0 Å². The van der Waals surface area contributed by atoms with E-state index >= 15 is 0 Å². The van der Waals surface area contributed by atoms with Crippen LogP contribution < -0.4 is 11.5 Å². The molecule has 0 radical (unpaired) electrons. The van der Waals surface area contributed by atoms with Crippen molar-refractivity contribution in [2.24, 2.45) is 5.73 Å². The molecule has 0 aliphatic heterocycles. The van der Waals surface area contributed by atoms with Crippen molar-refractivity contribution in [1.29, 1.82) is 0 Å². The summed E-state index contributed by atoms with van der Waals surface area (Å²) < 4.78 is 0. The Kier molecular flexibility index (Phi) is 2.44. The van der Waals surface area contributed by atoms with Crippen LogP contribution in [0.3, 0.4) is 0 Å². The molecule has 0 saturated carbocycles. The van der Waals surface area contributed by atoms with E-state index in [1.165, 1.54) is 6.07 Å². The van der Waals surface area contributed by atoms with Gasteiger partial charge in [0.15, 0.2) is 0 Å². The lowest BCUT2D eigenvalue weighted by molar-refractivity contribution is 0.0693. The van der Waals surface area contributed by atoms with E-state index in [4.69, 9.17) is 16.6 Å². The molecule has 0 aromatic heterocycles. The maximum Gasteiger partial charge on any atom is 0.338 e. The van der Waals surface area contributed by atoms with Crippen molar-refractivity contribution in [2.75, 3.05) is 5.73 Å². The third kappa shape index (κ3) is 1.67. The van der Waals surface area contributed by atoms with E-state index in [-0.39, 0.29) is 16.8 Å². The number of amides is 1. The number of benzene rings is 2. The smallest absolute Gasteiger partial charge is 0.338 e. The summed E-state index contributed by atoms with van der Waals surface area (Å²) in [6, 6.07) is 8.37. The van der Waals surface area contributed by atoms with Gasteiger partial charge in [-0.25, -0.2) is 4.79 Å². The lowest BCUT2D eigenvalue weighted by atomic mass is 9.97. The van der Waals surface area contributed by atoms with Crippen LogP contribution in [0.4, 0.5) is 5.69 Å². The van der Waals surface area contributed by atoms with Gasteiger partial charge < -0.3 is 16.6 Å². The Balaban J connectivity index is 2.99. The fourth-order valence-electron chi connectivity index (χ4n) is 1.86. The Morgan fingerprint density at radius 2 is 1.76 bits per heavy atom. The zero-order chi connectivity index (χ0) is 12.6. The second-order valence-corrected chi connectivity index (χ2v) is 3.61. The molecule has 5 N–H and O–H groups in total. The number of carbonyl (C=O) groups is 2. The number of nitrogens with two attached hydrogens (primary N) is 2. The molecule has 0 bridgehead atoms. The molecule has 1 amide bonds.